The van der Waals surface area contributed by atoms with E-state index in [0.29, 0.717) is 30.3 Å². The molecule has 1 aromatic carbocycles. The number of carbonyl (C=O) groups excluding carboxylic acids is 1. The summed E-state index contributed by atoms with van der Waals surface area (Å²) in [7, 11) is 0. The van der Waals surface area contributed by atoms with Gasteiger partial charge in [0, 0.05) is 17.9 Å². The van der Waals surface area contributed by atoms with Crippen LogP contribution in [0.1, 0.15) is 36.3 Å². The Balaban J connectivity index is 1.42. The minimum atomic E-state index is 0.163. The molecule has 0 aliphatic heterocycles. The van der Waals surface area contributed by atoms with Gasteiger partial charge in [-0.25, -0.2) is 0 Å². The molecule has 0 saturated heterocycles. The van der Waals surface area contributed by atoms with E-state index in [4.69, 9.17) is 5.73 Å². The van der Waals surface area contributed by atoms with Crippen LogP contribution in [0.5, 0.6) is 0 Å². The highest BCUT2D eigenvalue weighted by Gasteiger charge is 2.56. The molecule has 0 aromatic heterocycles. The van der Waals surface area contributed by atoms with Crippen molar-refractivity contribution in [2.45, 2.75) is 37.6 Å². The number of rotatable bonds is 3. The van der Waals surface area contributed by atoms with Gasteiger partial charge in [0.25, 0.3) is 0 Å². The molecular formula is C17H22N2O. The molecule has 3 heteroatoms. The lowest BCUT2D eigenvalue weighted by atomic mass is 9.95. The molecule has 0 radical (unpaired) electrons. The van der Waals surface area contributed by atoms with Crippen molar-refractivity contribution in [2.75, 3.05) is 6.54 Å². The average molecular weight is 270 g/mol. The van der Waals surface area contributed by atoms with E-state index in [1.807, 2.05) is 0 Å². The Hall–Kier alpha value is -1.35. The van der Waals surface area contributed by atoms with E-state index in [9.17, 15) is 4.79 Å². The Morgan fingerprint density at radius 3 is 3.00 bits per heavy atom. The van der Waals surface area contributed by atoms with E-state index in [1.165, 1.54) is 11.1 Å². The fourth-order valence-electron chi connectivity index (χ4n) is 4.48. The van der Waals surface area contributed by atoms with Gasteiger partial charge in [-0.15, -0.1) is 0 Å². The fourth-order valence-corrected chi connectivity index (χ4v) is 4.48. The van der Waals surface area contributed by atoms with Gasteiger partial charge in [-0.2, -0.15) is 0 Å². The van der Waals surface area contributed by atoms with Gasteiger partial charge in [-0.1, -0.05) is 30.7 Å². The smallest absolute Gasteiger partial charge is 0.223 e. The third-order valence-corrected chi connectivity index (χ3v) is 5.65. The maximum Gasteiger partial charge on any atom is 0.223 e. The molecule has 0 bridgehead atoms. The van der Waals surface area contributed by atoms with Gasteiger partial charge in [0.15, 0.2) is 0 Å². The monoisotopic (exact) mass is 270 g/mol. The summed E-state index contributed by atoms with van der Waals surface area (Å²) in [5.74, 6) is 2.05. The summed E-state index contributed by atoms with van der Waals surface area (Å²) in [5.41, 5.74) is 8.73. The van der Waals surface area contributed by atoms with E-state index < -0.39 is 0 Å². The topological polar surface area (TPSA) is 55.1 Å². The number of hydrogen-bond acceptors (Lipinski definition) is 2. The zero-order valence-electron chi connectivity index (χ0n) is 11.7. The van der Waals surface area contributed by atoms with Crippen LogP contribution in [-0.2, 0) is 11.2 Å². The predicted octanol–water partition coefficient (Wildman–Crippen LogP) is 1.82. The molecule has 4 rings (SSSR count). The lowest BCUT2D eigenvalue weighted by Crippen LogP contribution is -2.37. The number of carbonyl (C=O) groups is 1. The fraction of sp³-hybridized carbons (Fsp3) is 0.588. The molecule has 3 aliphatic rings. The van der Waals surface area contributed by atoms with Crippen molar-refractivity contribution < 1.29 is 4.79 Å². The molecule has 106 valence electrons. The third kappa shape index (κ3) is 1.80. The standard InChI is InChI=1S/C17H22N2O/c18-9-11-5-3-7-13(11)17(20)19-16-14-8-10-4-1-2-6-12(10)15(14)16/h1-2,4,6,11,13-16H,3,5,7-9,18H2,(H,19,20)/t11-,13-,14?,15?,16?/m1/s1. The van der Waals surface area contributed by atoms with Crippen LogP contribution in [-0.4, -0.2) is 18.5 Å². The molecule has 3 nitrogen and oxygen atoms in total. The van der Waals surface area contributed by atoms with Gasteiger partial charge >= 0.3 is 0 Å². The third-order valence-electron chi connectivity index (χ3n) is 5.65. The van der Waals surface area contributed by atoms with Crippen LogP contribution in [0.2, 0.25) is 0 Å². The maximum absolute atomic E-state index is 12.4. The molecule has 3 unspecified atom stereocenters. The Morgan fingerprint density at radius 2 is 2.15 bits per heavy atom. The van der Waals surface area contributed by atoms with Crippen LogP contribution in [0.4, 0.5) is 0 Å². The summed E-state index contributed by atoms with van der Waals surface area (Å²) in [6, 6.07) is 9.06. The summed E-state index contributed by atoms with van der Waals surface area (Å²) in [6.07, 6.45) is 4.43. The van der Waals surface area contributed by atoms with Crippen LogP contribution in [0.15, 0.2) is 24.3 Å². The highest BCUT2D eigenvalue weighted by molar-refractivity contribution is 5.80. The lowest BCUT2D eigenvalue weighted by molar-refractivity contribution is -0.126. The summed E-state index contributed by atoms with van der Waals surface area (Å²) in [5, 5.41) is 3.31. The van der Waals surface area contributed by atoms with Gasteiger partial charge in [0.05, 0.1) is 0 Å². The number of amides is 1. The molecular weight excluding hydrogens is 248 g/mol. The molecule has 3 aliphatic carbocycles. The molecule has 0 spiro atoms. The Kier molecular flexibility index (Phi) is 2.84. The predicted molar refractivity (Wildman–Crippen MR) is 78.2 cm³/mol. The second-order valence-electron chi connectivity index (χ2n) is 6.66. The number of benzene rings is 1. The van der Waals surface area contributed by atoms with Gasteiger partial charge in [0.1, 0.15) is 0 Å². The Labute approximate surface area is 119 Å². The summed E-state index contributed by atoms with van der Waals surface area (Å²) in [4.78, 5) is 12.4. The first-order chi connectivity index (χ1) is 9.79. The van der Waals surface area contributed by atoms with Crippen molar-refractivity contribution in [3.63, 3.8) is 0 Å². The first kappa shape index (κ1) is 12.4. The van der Waals surface area contributed by atoms with Gasteiger partial charge in [-0.05, 0) is 48.8 Å². The van der Waals surface area contributed by atoms with Crippen molar-refractivity contribution in [3.8, 4) is 0 Å². The summed E-state index contributed by atoms with van der Waals surface area (Å²) in [6.45, 7) is 0.651. The first-order valence-electron chi connectivity index (χ1n) is 7.88. The Morgan fingerprint density at radius 1 is 1.30 bits per heavy atom. The molecule has 0 heterocycles. The van der Waals surface area contributed by atoms with E-state index in [0.717, 1.165) is 25.7 Å². The zero-order chi connectivity index (χ0) is 13.7. The maximum atomic E-state index is 12.4. The molecule has 5 atom stereocenters. The van der Waals surface area contributed by atoms with Gasteiger partial charge in [0.2, 0.25) is 5.91 Å². The molecule has 2 fully saturated rings. The van der Waals surface area contributed by atoms with E-state index >= 15 is 0 Å². The van der Waals surface area contributed by atoms with Crippen LogP contribution in [0, 0.1) is 17.8 Å². The van der Waals surface area contributed by atoms with Crippen LogP contribution >= 0.6 is 0 Å². The van der Waals surface area contributed by atoms with Crippen molar-refractivity contribution in [1.82, 2.24) is 5.32 Å². The lowest BCUT2D eigenvalue weighted by Gasteiger charge is -2.18. The second kappa shape index (κ2) is 4.59. The highest BCUT2D eigenvalue weighted by Crippen LogP contribution is 2.56. The van der Waals surface area contributed by atoms with Crippen LogP contribution in [0.3, 0.4) is 0 Å². The largest absolute Gasteiger partial charge is 0.352 e. The SMILES string of the molecule is NC[C@H]1CCC[C@H]1C(=O)NC1C2Cc3ccccc3C21. The van der Waals surface area contributed by atoms with Crippen molar-refractivity contribution in [3.05, 3.63) is 35.4 Å². The van der Waals surface area contributed by atoms with Crippen molar-refractivity contribution in [2.24, 2.45) is 23.5 Å². The van der Waals surface area contributed by atoms with Crippen molar-refractivity contribution >= 4 is 5.91 Å². The number of fused-ring (bicyclic) bond motifs is 3. The normalized spacial score (nSPS) is 37.4. The van der Waals surface area contributed by atoms with E-state index in [2.05, 4.69) is 29.6 Å². The Bertz CT molecular complexity index is 542. The van der Waals surface area contributed by atoms with Gasteiger partial charge in [-0.3, -0.25) is 4.79 Å². The zero-order valence-corrected chi connectivity index (χ0v) is 11.7. The molecule has 2 saturated carbocycles. The van der Waals surface area contributed by atoms with E-state index in [-0.39, 0.29) is 11.8 Å². The average Bonchev–Trinajstić information content (AvgIpc) is 2.87. The second-order valence-corrected chi connectivity index (χ2v) is 6.66. The molecule has 1 amide bonds. The van der Waals surface area contributed by atoms with Crippen LogP contribution in [0.25, 0.3) is 0 Å². The highest BCUT2D eigenvalue weighted by atomic mass is 16.2. The molecule has 20 heavy (non-hydrogen) atoms. The number of hydrogen-bond donors (Lipinski definition) is 2. The van der Waals surface area contributed by atoms with Gasteiger partial charge < -0.3 is 11.1 Å². The molecule has 1 aromatic rings. The number of nitrogens with one attached hydrogen (secondary N) is 1. The first-order valence-corrected chi connectivity index (χ1v) is 7.88. The minimum absolute atomic E-state index is 0.163. The van der Waals surface area contributed by atoms with Crippen molar-refractivity contribution in [1.29, 1.82) is 0 Å². The summed E-state index contributed by atoms with van der Waals surface area (Å²) >= 11 is 0. The molecule has 3 N–H and O–H groups in total. The minimum Gasteiger partial charge on any atom is -0.352 e. The number of nitrogens with two attached hydrogens (primary N) is 1. The van der Waals surface area contributed by atoms with E-state index in [1.54, 1.807) is 0 Å². The summed E-state index contributed by atoms with van der Waals surface area (Å²) < 4.78 is 0. The quantitative estimate of drug-likeness (QED) is 0.880. The van der Waals surface area contributed by atoms with Crippen LogP contribution < -0.4 is 11.1 Å².